The zero-order valence-electron chi connectivity index (χ0n) is 19.1. The van der Waals surface area contributed by atoms with E-state index in [1.807, 2.05) is 0 Å². The van der Waals surface area contributed by atoms with Crippen molar-refractivity contribution in [3.05, 3.63) is 86.9 Å². The fourth-order valence-electron chi connectivity index (χ4n) is 4.38. The van der Waals surface area contributed by atoms with Gasteiger partial charge in [-0.2, -0.15) is 0 Å². The summed E-state index contributed by atoms with van der Waals surface area (Å²) in [6.45, 7) is 0.118. The summed E-state index contributed by atoms with van der Waals surface area (Å²) < 4.78 is 11.8. The number of nitrogens with zero attached hydrogens (tertiary/aromatic N) is 1. The molecule has 0 spiro atoms. The van der Waals surface area contributed by atoms with Crippen LogP contribution in [0.5, 0.6) is 11.5 Å². The van der Waals surface area contributed by atoms with Gasteiger partial charge in [0.25, 0.3) is 5.91 Å². The van der Waals surface area contributed by atoms with Gasteiger partial charge in [-0.25, -0.2) is 9.59 Å². The van der Waals surface area contributed by atoms with Gasteiger partial charge in [0, 0.05) is 27.6 Å². The number of fused-ring (bicyclic) bond motifs is 2. The van der Waals surface area contributed by atoms with Crippen molar-refractivity contribution in [3.63, 3.8) is 0 Å². The van der Waals surface area contributed by atoms with E-state index in [1.54, 1.807) is 54.6 Å². The summed E-state index contributed by atoms with van der Waals surface area (Å²) in [6.07, 6.45) is -2.26. The van der Waals surface area contributed by atoms with Crippen LogP contribution in [-0.2, 0) is 29.2 Å². The topological polar surface area (TPSA) is 125 Å². The van der Waals surface area contributed by atoms with Crippen molar-refractivity contribution in [1.29, 1.82) is 0 Å². The molecule has 5 rings (SSSR count). The maximum absolute atomic E-state index is 12.8. The van der Waals surface area contributed by atoms with Gasteiger partial charge in [0.2, 0.25) is 6.10 Å². The molecule has 0 fully saturated rings. The molecule has 2 aliphatic rings. The van der Waals surface area contributed by atoms with Crippen LogP contribution < -0.4 is 14.8 Å². The Labute approximate surface area is 221 Å². The average Bonchev–Trinajstić information content (AvgIpc) is 2.87. The van der Waals surface area contributed by atoms with Gasteiger partial charge in [-0.15, -0.1) is 0 Å². The number of carboxylic acid groups (broad SMARTS) is 2. The second-order valence-electron chi connectivity index (χ2n) is 8.67. The van der Waals surface area contributed by atoms with Gasteiger partial charge in [-0.05, 0) is 53.6 Å². The summed E-state index contributed by atoms with van der Waals surface area (Å²) in [5.74, 6) is -0.676. The van der Waals surface area contributed by atoms with Crippen LogP contribution in [0.15, 0.2) is 54.6 Å². The van der Waals surface area contributed by atoms with Crippen LogP contribution in [0, 0.1) is 0 Å². The Morgan fingerprint density at radius 1 is 1.05 bits per heavy atom. The summed E-state index contributed by atoms with van der Waals surface area (Å²) >= 11 is 12.2. The van der Waals surface area contributed by atoms with Gasteiger partial charge in [-0.3, -0.25) is 9.69 Å². The van der Waals surface area contributed by atoms with Crippen LogP contribution >= 0.6 is 23.2 Å². The average molecular weight is 543 g/mol. The molecular formula is C26H20Cl2N2O7. The third-order valence-corrected chi connectivity index (χ3v) is 6.89. The van der Waals surface area contributed by atoms with Crippen molar-refractivity contribution in [2.75, 3.05) is 5.32 Å². The minimum atomic E-state index is -1.32. The molecule has 2 atom stereocenters. The molecule has 0 saturated heterocycles. The van der Waals surface area contributed by atoms with Crippen molar-refractivity contribution < 1.29 is 34.1 Å². The zero-order chi connectivity index (χ0) is 26.3. The summed E-state index contributed by atoms with van der Waals surface area (Å²) in [5.41, 5.74) is 3.01. The third kappa shape index (κ3) is 5.00. The number of hydrogen-bond acceptors (Lipinski definition) is 5. The smallest absolute Gasteiger partial charge is 0.408 e. The second-order valence-corrected chi connectivity index (χ2v) is 9.51. The predicted octanol–water partition coefficient (Wildman–Crippen LogP) is 5.13. The molecule has 37 heavy (non-hydrogen) atoms. The van der Waals surface area contributed by atoms with Gasteiger partial charge in [0.15, 0.2) is 0 Å². The minimum Gasteiger partial charge on any atom is -0.489 e. The molecule has 3 aromatic carbocycles. The highest BCUT2D eigenvalue weighted by atomic mass is 35.5. The number of benzene rings is 3. The Kier molecular flexibility index (Phi) is 6.57. The first kappa shape index (κ1) is 24.7. The second kappa shape index (κ2) is 9.84. The molecule has 11 heteroatoms. The molecule has 2 aliphatic heterocycles. The molecule has 9 nitrogen and oxygen atoms in total. The number of hydrogen-bond donors (Lipinski definition) is 3. The van der Waals surface area contributed by atoms with Gasteiger partial charge in [0.05, 0.1) is 12.2 Å². The molecule has 0 saturated carbocycles. The van der Waals surface area contributed by atoms with E-state index >= 15 is 0 Å². The number of carbonyl (C=O) groups is 3. The van der Waals surface area contributed by atoms with Gasteiger partial charge in [0.1, 0.15) is 24.1 Å². The van der Waals surface area contributed by atoms with E-state index in [1.165, 1.54) is 0 Å². The molecule has 2 amide bonds. The van der Waals surface area contributed by atoms with Crippen LogP contribution in [-0.4, -0.2) is 39.1 Å². The standard InChI is InChI=1S/C26H20Cl2N2O7/c27-17-3-6-19(28)16(7-17)12-36-18-4-1-13(2-5-18)23-24(31)29-20-8-14-9-21(25(32)33)30(26(34)35)11-15(14)10-22(20)37-23/h1-8,10,21,23H,9,11-12H2,(H,29,31)(H,32,33)(H,34,35)/t21-,23?/m0/s1. The van der Waals surface area contributed by atoms with E-state index < -0.39 is 24.2 Å². The molecule has 0 aliphatic carbocycles. The fourth-order valence-corrected chi connectivity index (χ4v) is 4.75. The number of rotatable bonds is 5. The maximum atomic E-state index is 12.8. The van der Waals surface area contributed by atoms with Gasteiger partial charge in [-0.1, -0.05) is 35.3 Å². The first-order valence-electron chi connectivity index (χ1n) is 11.2. The van der Waals surface area contributed by atoms with Crippen molar-refractivity contribution in [1.82, 2.24) is 4.90 Å². The first-order chi connectivity index (χ1) is 17.7. The summed E-state index contributed by atoms with van der Waals surface area (Å²) in [4.78, 5) is 36.9. The largest absolute Gasteiger partial charge is 0.489 e. The van der Waals surface area contributed by atoms with Crippen LogP contribution in [0.4, 0.5) is 10.5 Å². The molecular weight excluding hydrogens is 523 g/mol. The highest BCUT2D eigenvalue weighted by molar-refractivity contribution is 6.33. The molecule has 3 aromatic rings. The number of anilines is 1. The number of ether oxygens (including phenoxy) is 2. The SMILES string of the molecule is O=C1Nc2cc3c(cc2OC1c1ccc(OCc2cc(Cl)ccc2Cl)cc1)CN(C(=O)O)[C@H](C(=O)O)C3. The Balaban J connectivity index is 1.32. The molecule has 0 aromatic heterocycles. The highest BCUT2D eigenvalue weighted by Crippen LogP contribution is 2.39. The lowest BCUT2D eigenvalue weighted by molar-refractivity contribution is -0.143. The Hall–Kier alpha value is -3.95. The Bertz CT molecular complexity index is 1410. The lowest BCUT2D eigenvalue weighted by Crippen LogP contribution is -2.48. The van der Waals surface area contributed by atoms with E-state index in [9.17, 15) is 24.6 Å². The van der Waals surface area contributed by atoms with E-state index in [4.69, 9.17) is 32.7 Å². The molecule has 0 radical (unpaired) electrons. The molecule has 2 heterocycles. The van der Waals surface area contributed by atoms with E-state index in [0.717, 1.165) is 10.5 Å². The minimum absolute atomic E-state index is 0.00853. The normalized spacial score (nSPS) is 18.2. The Morgan fingerprint density at radius 3 is 2.51 bits per heavy atom. The maximum Gasteiger partial charge on any atom is 0.408 e. The first-order valence-corrected chi connectivity index (χ1v) is 12.0. The summed E-state index contributed by atoms with van der Waals surface area (Å²) in [5, 5.41) is 22.8. The number of carboxylic acids is 1. The monoisotopic (exact) mass is 542 g/mol. The Morgan fingerprint density at radius 2 is 1.81 bits per heavy atom. The number of aliphatic carboxylic acids is 1. The van der Waals surface area contributed by atoms with E-state index in [2.05, 4.69) is 5.32 Å². The van der Waals surface area contributed by atoms with Crippen LogP contribution in [0.3, 0.4) is 0 Å². The van der Waals surface area contributed by atoms with Gasteiger partial charge >= 0.3 is 12.1 Å². The molecule has 0 bridgehead atoms. The highest BCUT2D eigenvalue weighted by Gasteiger charge is 2.37. The summed E-state index contributed by atoms with van der Waals surface area (Å²) in [6, 6.07) is 14.1. The van der Waals surface area contributed by atoms with Crippen molar-refractivity contribution in [2.24, 2.45) is 0 Å². The van der Waals surface area contributed by atoms with E-state index in [-0.39, 0.29) is 25.5 Å². The van der Waals surface area contributed by atoms with Crippen molar-refractivity contribution in [2.45, 2.75) is 31.7 Å². The molecule has 3 N–H and O–H groups in total. The zero-order valence-corrected chi connectivity index (χ0v) is 20.6. The molecule has 190 valence electrons. The van der Waals surface area contributed by atoms with Gasteiger partial charge < -0.3 is 25.0 Å². The van der Waals surface area contributed by atoms with Crippen molar-refractivity contribution >= 4 is 46.9 Å². The number of carbonyl (C=O) groups excluding carboxylic acids is 1. The van der Waals surface area contributed by atoms with Crippen molar-refractivity contribution in [3.8, 4) is 11.5 Å². The summed E-state index contributed by atoms with van der Waals surface area (Å²) in [7, 11) is 0. The number of halogens is 2. The number of amides is 2. The predicted molar refractivity (Wildman–Crippen MR) is 134 cm³/mol. The lowest BCUT2D eigenvalue weighted by atomic mass is 9.92. The van der Waals surface area contributed by atoms with E-state index in [0.29, 0.717) is 43.9 Å². The fraction of sp³-hybridized carbons (Fsp3) is 0.192. The number of nitrogens with one attached hydrogen (secondary N) is 1. The lowest BCUT2D eigenvalue weighted by Gasteiger charge is -2.34. The van der Waals surface area contributed by atoms with Crippen LogP contribution in [0.25, 0.3) is 0 Å². The van der Waals surface area contributed by atoms with Crippen LogP contribution in [0.2, 0.25) is 10.0 Å². The molecule has 1 unspecified atom stereocenters. The third-order valence-electron chi connectivity index (χ3n) is 6.29. The quantitative estimate of drug-likeness (QED) is 0.407. The van der Waals surface area contributed by atoms with Crippen LogP contribution in [0.1, 0.15) is 28.4 Å².